The minimum Gasteiger partial charge on any atom is -1.00 e. The summed E-state index contributed by atoms with van der Waals surface area (Å²) in [6, 6.07) is 0. The monoisotopic (exact) mass is 321 g/mol. The molecule has 0 heterocycles. The summed E-state index contributed by atoms with van der Waals surface area (Å²) in [6.45, 7) is 9.94. The zero-order valence-corrected chi connectivity index (χ0v) is 13.9. The van der Waals surface area contributed by atoms with Crippen LogP contribution in [0.4, 0.5) is 0 Å². The molecule has 0 radical (unpaired) electrons. The summed E-state index contributed by atoms with van der Waals surface area (Å²) in [5, 5.41) is 0. The SMILES string of the molecule is C=C(C)C(=O)OCC[N+](C)(C)CCCCCC.[Br-]. The van der Waals surface area contributed by atoms with Crippen molar-refractivity contribution in [3.8, 4) is 0 Å². The number of quaternary nitrogens is 1. The molecule has 0 spiro atoms. The van der Waals surface area contributed by atoms with Crippen molar-refractivity contribution in [1.82, 2.24) is 0 Å². The molecule has 0 atom stereocenters. The lowest BCUT2D eigenvalue weighted by molar-refractivity contribution is -0.890. The quantitative estimate of drug-likeness (QED) is 0.254. The Hall–Kier alpha value is -0.350. The van der Waals surface area contributed by atoms with Crippen LogP contribution in [0.3, 0.4) is 0 Å². The van der Waals surface area contributed by atoms with Gasteiger partial charge >= 0.3 is 5.97 Å². The van der Waals surface area contributed by atoms with E-state index in [1.165, 1.54) is 25.7 Å². The molecule has 0 rings (SSSR count). The van der Waals surface area contributed by atoms with Crippen LogP contribution in [0.25, 0.3) is 0 Å². The first-order valence-corrected chi connectivity index (χ1v) is 6.53. The second-order valence-corrected chi connectivity index (χ2v) is 5.36. The van der Waals surface area contributed by atoms with Gasteiger partial charge < -0.3 is 26.2 Å². The number of carbonyl (C=O) groups excluding carboxylic acids is 1. The zero-order chi connectivity index (χ0) is 13.3. The lowest BCUT2D eigenvalue weighted by Gasteiger charge is -2.29. The van der Waals surface area contributed by atoms with Crippen molar-refractivity contribution in [2.75, 3.05) is 33.8 Å². The molecule has 0 saturated carbocycles. The Labute approximate surface area is 123 Å². The van der Waals surface area contributed by atoms with Crippen molar-refractivity contribution in [1.29, 1.82) is 0 Å². The Kier molecular flexibility index (Phi) is 11.7. The van der Waals surface area contributed by atoms with Crippen LogP contribution < -0.4 is 17.0 Å². The van der Waals surface area contributed by atoms with E-state index < -0.39 is 0 Å². The minimum absolute atomic E-state index is 0. The zero-order valence-electron chi connectivity index (χ0n) is 12.3. The normalized spacial score (nSPS) is 10.7. The van der Waals surface area contributed by atoms with Crippen molar-refractivity contribution < 1.29 is 31.0 Å². The Balaban J connectivity index is 0. The van der Waals surface area contributed by atoms with Crippen LogP contribution in [0.5, 0.6) is 0 Å². The molecule has 4 heteroatoms. The fourth-order valence-corrected chi connectivity index (χ4v) is 1.59. The molecule has 0 aromatic heterocycles. The molecule has 0 amide bonds. The van der Waals surface area contributed by atoms with Crippen LogP contribution in [0.15, 0.2) is 12.2 Å². The van der Waals surface area contributed by atoms with Gasteiger partial charge in [0.15, 0.2) is 0 Å². The average molecular weight is 322 g/mol. The highest BCUT2D eigenvalue weighted by Gasteiger charge is 2.15. The first-order chi connectivity index (χ1) is 7.89. The highest BCUT2D eigenvalue weighted by molar-refractivity contribution is 5.86. The van der Waals surface area contributed by atoms with Crippen LogP contribution in [-0.2, 0) is 9.53 Å². The lowest BCUT2D eigenvalue weighted by Crippen LogP contribution is -3.00. The predicted molar refractivity (Wildman–Crippen MR) is 71.8 cm³/mol. The number of hydrogen-bond donors (Lipinski definition) is 0. The van der Waals surface area contributed by atoms with Crippen LogP contribution >= 0.6 is 0 Å². The number of ether oxygens (including phenoxy) is 1. The molecule has 0 aliphatic rings. The third-order valence-corrected chi connectivity index (χ3v) is 2.90. The summed E-state index contributed by atoms with van der Waals surface area (Å²) in [4.78, 5) is 11.2. The van der Waals surface area contributed by atoms with Gasteiger partial charge in [0.2, 0.25) is 0 Å². The molecular weight excluding hydrogens is 294 g/mol. The Morgan fingerprint density at radius 2 is 1.78 bits per heavy atom. The van der Waals surface area contributed by atoms with Gasteiger partial charge in [0, 0.05) is 5.57 Å². The third kappa shape index (κ3) is 10.8. The summed E-state index contributed by atoms with van der Waals surface area (Å²) in [7, 11) is 4.36. The van der Waals surface area contributed by atoms with E-state index in [1.54, 1.807) is 6.92 Å². The van der Waals surface area contributed by atoms with Gasteiger partial charge in [-0.3, -0.25) is 0 Å². The Morgan fingerprint density at radius 1 is 1.17 bits per heavy atom. The maximum Gasteiger partial charge on any atom is 0.333 e. The van der Waals surface area contributed by atoms with E-state index in [0.29, 0.717) is 12.2 Å². The molecule has 0 unspecified atom stereocenters. The van der Waals surface area contributed by atoms with Gasteiger partial charge in [-0.2, -0.15) is 0 Å². The molecule has 0 aliphatic heterocycles. The number of rotatable bonds is 9. The summed E-state index contributed by atoms with van der Waals surface area (Å²) in [6.07, 6.45) is 5.12. The van der Waals surface area contributed by atoms with Crippen molar-refractivity contribution in [2.45, 2.75) is 39.5 Å². The summed E-state index contributed by atoms with van der Waals surface area (Å²) >= 11 is 0. The fraction of sp³-hybridized carbons (Fsp3) is 0.786. The van der Waals surface area contributed by atoms with Crippen molar-refractivity contribution >= 4 is 5.97 Å². The summed E-state index contributed by atoms with van der Waals surface area (Å²) < 4.78 is 6.02. The molecule has 0 saturated heterocycles. The van der Waals surface area contributed by atoms with Gasteiger partial charge in [0.25, 0.3) is 0 Å². The molecule has 0 aromatic rings. The van der Waals surface area contributed by atoms with Crippen LogP contribution in [0.2, 0.25) is 0 Å². The van der Waals surface area contributed by atoms with Gasteiger partial charge in [0.05, 0.1) is 20.6 Å². The van der Waals surface area contributed by atoms with Gasteiger partial charge in [0.1, 0.15) is 13.2 Å². The van der Waals surface area contributed by atoms with Crippen molar-refractivity contribution in [3.05, 3.63) is 12.2 Å². The van der Waals surface area contributed by atoms with Crippen molar-refractivity contribution in [3.63, 3.8) is 0 Å². The molecule has 3 nitrogen and oxygen atoms in total. The van der Waals surface area contributed by atoms with Gasteiger partial charge in [-0.15, -0.1) is 0 Å². The minimum atomic E-state index is -0.281. The number of carbonyl (C=O) groups is 1. The molecule has 108 valence electrons. The Morgan fingerprint density at radius 3 is 2.28 bits per heavy atom. The number of nitrogens with zero attached hydrogens (tertiary/aromatic N) is 1. The number of halogens is 1. The first kappa shape index (κ1) is 20.0. The maximum atomic E-state index is 11.2. The van der Waals surface area contributed by atoms with Gasteiger partial charge in [-0.1, -0.05) is 26.3 Å². The number of hydrogen-bond acceptors (Lipinski definition) is 2. The van der Waals surface area contributed by atoms with E-state index in [0.717, 1.165) is 17.6 Å². The third-order valence-electron chi connectivity index (χ3n) is 2.90. The second kappa shape index (κ2) is 10.6. The van der Waals surface area contributed by atoms with E-state index in [4.69, 9.17) is 4.74 Å². The highest BCUT2D eigenvalue weighted by atomic mass is 79.9. The summed E-state index contributed by atoms with van der Waals surface area (Å²) in [5.74, 6) is -0.281. The van der Waals surface area contributed by atoms with Crippen LogP contribution in [0.1, 0.15) is 39.5 Å². The topological polar surface area (TPSA) is 26.3 Å². The number of esters is 1. The predicted octanol–water partition coefficient (Wildman–Crippen LogP) is -0.234. The molecule has 0 aliphatic carbocycles. The van der Waals surface area contributed by atoms with E-state index in [9.17, 15) is 4.79 Å². The maximum absolute atomic E-state index is 11.2. The molecule has 18 heavy (non-hydrogen) atoms. The van der Waals surface area contributed by atoms with E-state index in [2.05, 4.69) is 27.6 Å². The van der Waals surface area contributed by atoms with E-state index in [-0.39, 0.29) is 23.0 Å². The number of unbranched alkanes of at least 4 members (excludes halogenated alkanes) is 3. The standard InChI is InChI=1S/C14H28NO2.BrH/c1-6-7-8-9-10-15(4,5)11-12-17-14(16)13(2)3;/h2,6-12H2,1,3-5H3;1H/q+1;/p-1. The van der Waals surface area contributed by atoms with Crippen molar-refractivity contribution in [2.24, 2.45) is 0 Å². The van der Waals surface area contributed by atoms with Gasteiger partial charge in [-0.05, 0) is 19.8 Å². The second-order valence-electron chi connectivity index (χ2n) is 5.36. The molecule has 0 aromatic carbocycles. The smallest absolute Gasteiger partial charge is 0.333 e. The fourth-order valence-electron chi connectivity index (χ4n) is 1.59. The first-order valence-electron chi connectivity index (χ1n) is 6.53. The lowest BCUT2D eigenvalue weighted by atomic mass is 10.2. The van der Waals surface area contributed by atoms with E-state index >= 15 is 0 Å². The summed E-state index contributed by atoms with van der Waals surface area (Å²) in [5.41, 5.74) is 0.471. The van der Waals surface area contributed by atoms with Crippen LogP contribution in [-0.4, -0.2) is 44.2 Å². The van der Waals surface area contributed by atoms with Crippen LogP contribution in [0, 0.1) is 0 Å². The number of likely N-dealkylation sites (N-methyl/N-ethyl adjacent to an activating group) is 1. The molecule has 0 N–H and O–H groups in total. The average Bonchev–Trinajstić information content (AvgIpc) is 2.24. The van der Waals surface area contributed by atoms with Gasteiger partial charge in [-0.25, -0.2) is 4.79 Å². The largest absolute Gasteiger partial charge is 1.00 e. The highest BCUT2D eigenvalue weighted by Crippen LogP contribution is 2.05. The Bertz CT molecular complexity index is 252. The molecular formula is C14H28BrNO2. The molecule has 0 fully saturated rings. The van der Waals surface area contributed by atoms with E-state index in [1.807, 2.05) is 0 Å². The molecule has 0 bridgehead atoms.